The number of hydrogen-bond donors (Lipinski definition) is 1. The zero-order valence-electron chi connectivity index (χ0n) is 10.7. The quantitative estimate of drug-likeness (QED) is 0.919. The van der Waals surface area contributed by atoms with Crippen LogP contribution in [0.1, 0.15) is 37.6 Å². The van der Waals surface area contributed by atoms with Crippen LogP contribution in [0.5, 0.6) is 0 Å². The average Bonchev–Trinajstić information content (AvgIpc) is 2.70. The monoisotopic (exact) mass is 267 g/mol. The molecular weight excluding hydrogens is 250 g/mol. The van der Waals surface area contributed by atoms with Gasteiger partial charge in [-0.1, -0.05) is 12.1 Å². The van der Waals surface area contributed by atoms with Gasteiger partial charge in [0.1, 0.15) is 0 Å². The number of pyridine rings is 1. The minimum atomic E-state index is -1.29. The Bertz CT molecular complexity index is 582. The second-order valence-corrected chi connectivity index (χ2v) is 6.11. The van der Waals surface area contributed by atoms with Gasteiger partial charge in [0.05, 0.1) is 22.1 Å². The van der Waals surface area contributed by atoms with Crippen LogP contribution in [0.4, 0.5) is 0 Å². The Labute approximate surface area is 108 Å². The molecule has 0 saturated carbocycles. The first-order valence-electron chi connectivity index (χ1n) is 5.86. The van der Waals surface area contributed by atoms with Gasteiger partial charge in [0.15, 0.2) is 5.58 Å². The molecule has 2 N–H and O–H groups in total. The summed E-state index contributed by atoms with van der Waals surface area (Å²) >= 11 is 0. The summed E-state index contributed by atoms with van der Waals surface area (Å²) in [6.07, 6.45) is 2.51. The van der Waals surface area contributed by atoms with E-state index in [1.807, 2.05) is 26.8 Å². The van der Waals surface area contributed by atoms with Gasteiger partial charge < -0.3 is 4.52 Å². The van der Waals surface area contributed by atoms with Crippen molar-refractivity contribution >= 4 is 22.0 Å². The summed E-state index contributed by atoms with van der Waals surface area (Å²) in [6, 6.07) is 1.89. The first-order valence-corrected chi connectivity index (χ1v) is 7.13. The lowest BCUT2D eigenvalue weighted by atomic mass is 10.0. The highest BCUT2D eigenvalue weighted by atomic mass is 32.2. The number of aryl methyl sites for hydroxylation is 1. The highest BCUT2D eigenvalue weighted by molar-refractivity contribution is 7.83. The smallest absolute Gasteiger partial charge is 0.170 e. The van der Waals surface area contributed by atoms with E-state index in [-0.39, 0.29) is 11.2 Å². The van der Waals surface area contributed by atoms with E-state index in [1.165, 1.54) is 0 Å². The summed E-state index contributed by atoms with van der Waals surface area (Å²) in [6.45, 7) is 5.81. The maximum absolute atomic E-state index is 11.2. The second-order valence-electron chi connectivity index (χ2n) is 4.65. The Kier molecular flexibility index (Phi) is 3.77. The normalized spacial score (nSPS) is 16.7. The molecule has 0 spiro atoms. The van der Waals surface area contributed by atoms with Crippen LogP contribution in [-0.2, 0) is 11.0 Å². The lowest BCUT2D eigenvalue weighted by molar-refractivity contribution is 0.449. The maximum Gasteiger partial charge on any atom is 0.170 e. The zero-order chi connectivity index (χ0) is 13.3. The Balaban J connectivity index is 2.22. The molecule has 0 aliphatic heterocycles. The fourth-order valence-corrected chi connectivity index (χ4v) is 2.43. The number of rotatable bonds is 4. The molecular formula is C12H17N3O2S. The van der Waals surface area contributed by atoms with Crippen LogP contribution in [0, 0.1) is 6.92 Å². The second kappa shape index (κ2) is 5.16. The molecule has 0 saturated heterocycles. The molecule has 5 nitrogen and oxygen atoms in total. The molecule has 0 aliphatic carbocycles. The summed E-state index contributed by atoms with van der Waals surface area (Å²) < 4.78 is 16.4. The summed E-state index contributed by atoms with van der Waals surface area (Å²) in [5.74, 6) is 0.183. The third-order valence-electron chi connectivity index (χ3n) is 3.14. The molecule has 0 bridgehead atoms. The lowest BCUT2D eigenvalue weighted by Crippen LogP contribution is -2.20. The van der Waals surface area contributed by atoms with Crippen molar-refractivity contribution < 1.29 is 8.73 Å². The van der Waals surface area contributed by atoms with Crippen molar-refractivity contribution in [3.05, 3.63) is 23.7 Å². The van der Waals surface area contributed by atoms with E-state index < -0.39 is 11.0 Å². The minimum Gasteiger partial charge on any atom is -0.356 e. The van der Waals surface area contributed by atoms with Crippen molar-refractivity contribution in [1.82, 2.24) is 10.1 Å². The van der Waals surface area contributed by atoms with Crippen molar-refractivity contribution in [2.45, 2.75) is 38.4 Å². The third kappa shape index (κ3) is 2.59. The van der Waals surface area contributed by atoms with Gasteiger partial charge in [0.2, 0.25) is 0 Å². The molecule has 6 heteroatoms. The Morgan fingerprint density at radius 2 is 2.22 bits per heavy atom. The number of aromatic nitrogens is 2. The van der Waals surface area contributed by atoms with E-state index in [0.717, 1.165) is 28.8 Å². The fraction of sp³-hybridized carbons (Fsp3) is 0.500. The number of nitrogens with two attached hydrogens (primary N) is 1. The molecule has 2 unspecified atom stereocenters. The third-order valence-corrected chi connectivity index (χ3v) is 4.13. The van der Waals surface area contributed by atoms with Gasteiger partial charge >= 0.3 is 0 Å². The molecule has 0 amide bonds. The first-order chi connectivity index (χ1) is 8.49. The Morgan fingerprint density at radius 1 is 1.50 bits per heavy atom. The summed E-state index contributed by atoms with van der Waals surface area (Å²) in [4.78, 5) is 4.41. The first kappa shape index (κ1) is 13.2. The molecule has 3 atom stereocenters. The van der Waals surface area contributed by atoms with E-state index in [1.54, 1.807) is 6.20 Å². The minimum absolute atomic E-state index is 0.0473. The number of fused-ring (bicyclic) bond motifs is 1. The van der Waals surface area contributed by atoms with Crippen LogP contribution < -0.4 is 5.14 Å². The van der Waals surface area contributed by atoms with Gasteiger partial charge in [-0.15, -0.1) is 0 Å². The van der Waals surface area contributed by atoms with Crippen LogP contribution >= 0.6 is 0 Å². The largest absolute Gasteiger partial charge is 0.356 e. The topological polar surface area (TPSA) is 82.0 Å². The lowest BCUT2D eigenvalue weighted by Gasteiger charge is -2.14. The fourth-order valence-electron chi connectivity index (χ4n) is 1.95. The van der Waals surface area contributed by atoms with Crippen molar-refractivity contribution in [1.29, 1.82) is 0 Å². The summed E-state index contributed by atoms with van der Waals surface area (Å²) in [5.41, 5.74) is 2.50. The van der Waals surface area contributed by atoms with E-state index in [0.29, 0.717) is 0 Å². The summed E-state index contributed by atoms with van der Waals surface area (Å²) in [5, 5.41) is 10.2. The van der Waals surface area contributed by atoms with Crippen LogP contribution in [0.3, 0.4) is 0 Å². The molecule has 0 aliphatic rings. The van der Waals surface area contributed by atoms with E-state index in [9.17, 15) is 4.21 Å². The highest BCUT2D eigenvalue weighted by Crippen LogP contribution is 2.24. The van der Waals surface area contributed by atoms with Crippen LogP contribution in [0.25, 0.3) is 11.0 Å². The Hall–Kier alpha value is -1.27. The van der Waals surface area contributed by atoms with Crippen molar-refractivity contribution in [3.63, 3.8) is 0 Å². The van der Waals surface area contributed by atoms with E-state index in [4.69, 9.17) is 9.66 Å². The van der Waals surface area contributed by atoms with Crippen molar-refractivity contribution in [3.8, 4) is 0 Å². The predicted molar refractivity (Wildman–Crippen MR) is 71.4 cm³/mol. The molecule has 2 aromatic rings. The average molecular weight is 267 g/mol. The molecule has 2 rings (SSSR count). The predicted octanol–water partition coefficient (Wildman–Crippen LogP) is 2.04. The number of nitrogens with zero attached hydrogens (tertiary/aromatic N) is 2. The maximum atomic E-state index is 11.2. The molecule has 2 aromatic heterocycles. The SMILES string of the molecule is Cc1noc2cc([C@H](C)CC(C)S(N)=O)ncc12. The van der Waals surface area contributed by atoms with Crippen LogP contribution in [-0.4, -0.2) is 19.6 Å². The Morgan fingerprint density at radius 3 is 2.89 bits per heavy atom. The molecule has 2 heterocycles. The molecule has 0 aromatic carbocycles. The van der Waals surface area contributed by atoms with E-state index >= 15 is 0 Å². The van der Waals surface area contributed by atoms with Gasteiger partial charge in [-0.3, -0.25) is 10.1 Å². The van der Waals surface area contributed by atoms with Gasteiger partial charge in [-0.05, 0) is 26.2 Å². The van der Waals surface area contributed by atoms with E-state index in [2.05, 4.69) is 10.1 Å². The van der Waals surface area contributed by atoms with Gasteiger partial charge in [-0.25, -0.2) is 4.21 Å². The van der Waals surface area contributed by atoms with Crippen LogP contribution in [0.2, 0.25) is 0 Å². The van der Waals surface area contributed by atoms with Crippen LogP contribution in [0.15, 0.2) is 16.8 Å². The van der Waals surface area contributed by atoms with Crippen molar-refractivity contribution in [2.24, 2.45) is 5.14 Å². The summed E-state index contributed by atoms with van der Waals surface area (Å²) in [7, 11) is -1.29. The zero-order valence-corrected chi connectivity index (χ0v) is 11.5. The number of hydrogen-bond acceptors (Lipinski definition) is 4. The molecule has 0 fully saturated rings. The molecule has 18 heavy (non-hydrogen) atoms. The van der Waals surface area contributed by atoms with Gasteiger partial charge in [-0.2, -0.15) is 0 Å². The molecule has 98 valence electrons. The standard InChI is InChI=1S/C12H17N3O2S/c1-7(4-8(2)18(13)16)11-5-12-10(6-14-11)9(3)15-17-12/h5-8H,4,13H2,1-3H3/t7-,8?,18?/m1/s1. The van der Waals surface area contributed by atoms with Gasteiger partial charge in [0, 0.05) is 23.2 Å². The van der Waals surface area contributed by atoms with Gasteiger partial charge in [0.25, 0.3) is 0 Å². The van der Waals surface area contributed by atoms with Crippen molar-refractivity contribution in [2.75, 3.05) is 0 Å². The molecule has 0 radical (unpaired) electrons. The highest BCUT2D eigenvalue weighted by Gasteiger charge is 2.16.